The number of rotatable bonds is 9. The van der Waals surface area contributed by atoms with Crippen molar-refractivity contribution < 1.29 is 9.47 Å². The lowest BCUT2D eigenvalue weighted by molar-refractivity contribution is 0.112. The predicted octanol–water partition coefficient (Wildman–Crippen LogP) is 1.82. The average molecular weight is 291 g/mol. The molecule has 0 aliphatic heterocycles. The summed E-state index contributed by atoms with van der Waals surface area (Å²) in [6, 6.07) is 8.16. The van der Waals surface area contributed by atoms with Gasteiger partial charge in [0.05, 0.1) is 13.2 Å². The van der Waals surface area contributed by atoms with Gasteiger partial charge in [-0.1, -0.05) is 0 Å². The minimum atomic E-state index is 0.743. The molecule has 0 atom stereocenters. The van der Waals surface area contributed by atoms with Gasteiger partial charge in [-0.2, -0.15) is 0 Å². The third kappa shape index (κ3) is 4.46. The molecule has 0 saturated heterocycles. The fourth-order valence-electron chi connectivity index (χ4n) is 2.44. The van der Waals surface area contributed by atoms with Crippen LogP contribution < -0.4 is 5.73 Å². The fraction of sp³-hybridized carbons (Fsp3) is 0.500. The van der Waals surface area contributed by atoms with Gasteiger partial charge >= 0.3 is 0 Å². The van der Waals surface area contributed by atoms with Crippen molar-refractivity contribution in [2.75, 3.05) is 52.8 Å². The molecule has 0 spiro atoms. The minimum Gasteiger partial charge on any atom is -0.399 e. The molecule has 5 nitrogen and oxygen atoms in total. The molecule has 0 amide bonds. The highest BCUT2D eigenvalue weighted by Crippen LogP contribution is 2.18. The molecule has 0 bridgehead atoms. The van der Waals surface area contributed by atoms with Gasteiger partial charge in [0.2, 0.25) is 0 Å². The van der Waals surface area contributed by atoms with Crippen molar-refractivity contribution in [3.63, 3.8) is 0 Å². The molecule has 21 heavy (non-hydrogen) atoms. The molecular formula is C16H25N3O2. The molecule has 0 unspecified atom stereocenters. The van der Waals surface area contributed by atoms with E-state index in [1.165, 1.54) is 10.9 Å². The van der Waals surface area contributed by atoms with Crippen LogP contribution in [0, 0.1) is 0 Å². The van der Waals surface area contributed by atoms with E-state index in [2.05, 4.69) is 27.8 Å². The van der Waals surface area contributed by atoms with E-state index in [9.17, 15) is 0 Å². The Kier molecular flexibility index (Phi) is 6.04. The number of hydrogen-bond acceptors (Lipinski definition) is 4. The number of nitrogens with two attached hydrogens (primary N) is 1. The van der Waals surface area contributed by atoms with E-state index in [1.54, 1.807) is 14.2 Å². The molecule has 2 N–H and O–H groups in total. The van der Waals surface area contributed by atoms with Gasteiger partial charge < -0.3 is 19.8 Å². The first kappa shape index (κ1) is 15.8. The van der Waals surface area contributed by atoms with Crippen LogP contribution in [0.1, 0.15) is 0 Å². The van der Waals surface area contributed by atoms with Crippen LogP contribution in [0.3, 0.4) is 0 Å². The predicted molar refractivity (Wildman–Crippen MR) is 86.5 cm³/mol. The lowest BCUT2D eigenvalue weighted by Crippen LogP contribution is -2.33. The number of nitrogen functional groups attached to an aromatic ring is 1. The van der Waals surface area contributed by atoms with Crippen LogP contribution in [0.2, 0.25) is 0 Å². The molecule has 1 heterocycles. The molecule has 0 aliphatic carbocycles. The van der Waals surface area contributed by atoms with Crippen LogP contribution in [0.15, 0.2) is 30.5 Å². The number of ether oxygens (including phenoxy) is 2. The summed E-state index contributed by atoms with van der Waals surface area (Å²) in [5.74, 6) is 0. The zero-order chi connectivity index (χ0) is 15.1. The van der Waals surface area contributed by atoms with Crippen LogP contribution in [0.5, 0.6) is 0 Å². The molecule has 5 heteroatoms. The lowest BCUT2D eigenvalue weighted by Gasteiger charge is -2.22. The van der Waals surface area contributed by atoms with Crippen molar-refractivity contribution in [1.82, 2.24) is 9.47 Å². The van der Waals surface area contributed by atoms with Gasteiger partial charge in [-0.15, -0.1) is 0 Å². The summed E-state index contributed by atoms with van der Waals surface area (Å²) in [5, 5.41) is 1.19. The van der Waals surface area contributed by atoms with Crippen LogP contribution >= 0.6 is 0 Å². The summed E-state index contributed by atoms with van der Waals surface area (Å²) in [6.07, 6.45) is 2.12. The van der Waals surface area contributed by atoms with E-state index in [-0.39, 0.29) is 0 Å². The summed E-state index contributed by atoms with van der Waals surface area (Å²) in [6.45, 7) is 5.25. The van der Waals surface area contributed by atoms with E-state index < -0.39 is 0 Å². The Bertz CT molecular complexity index is 545. The number of nitrogens with zero attached hydrogens (tertiary/aromatic N) is 2. The number of benzene rings is 1. The van der Waals surface area contributed by atoms with Gasteiger partial charge in [0.1, 0.15) is 0 Å². The maximum atomic E-state index is 5.82. The largest absolute Gasteiger partial charge is 0.399 e. The van der Waals surface area contributed by atoms with E-state index >= 15 is 0 Å². The Morgan fingerprint density at radius 3 is 2.43 bits per heavy atom. The summed E-state index contributed by atoms with van der Waals surface area (Å²) in [4.78, 5) is 2.36. The highest BCUT2D eigenvalue weighted by atomic mass is 16.5. The molecule has 0 radical (unpaired) electrons. The van der Waals surface area contributed by atoms with E-state index in [1.807, 2.05) is 12.1 Å². The maximum Gasteiger partial charge on any atom is 0.0589 e. The molecule has 0 aliphatic rings. The second kappa shape index (κ2) is 8.02. The summed E-state index contributed by atoms with van der Waals surface area (Å²) < 4.78 is 12.6. The number of anilines is 1. The molecule has 1 aromatic heterocycles. The quantitative estimate of drug-likeness (QED) is 0.716. The van der Waals surface area contributed by atoms with E-state index in [0.29, 0.717) is 0 Å². The van der Waals surface area contributed by atoms with Crippen molar-refractivity contribution in [3.05, 3.63) is 30.5 Å². The molecule has 0 saturated carbocycles. The summed E-state index contributed by atoms with van der Waals surface area (Å²) in [7, 11) is 3.47. The molecule has 2 aromatic rings. The van der Waals surface area contributed by atoms with Gasteiger partial charge in [-0.3, -0.25) is 4.90 Å². The Labute approximate surface area is 126 Å². The van der Waals surface area contributed by atoms with E-state index in [4.69, 9.17) is 15.2 Å². The standard InChI is InChI=1S/C16H25N3O2/c1-20-11-9-18(10-12-21-2)7-8-19-6-5-14-13-15(17)3-4-16(14)19/h3-6,13H,7-12,17H2,1-2H3. The van der Waals surface area contributed by atoms with Gasteiger partial charge in [0.25, 0.3) is 0 Å². The first-order chi connectivity index (χ1) is 10.2. The molecular weight excluding hydrogens is 266 g/mol. The second-order valence-electron chi connectivity index (χ2n) is 5.15. The van der Waals surface area contributed by atoms with Crippen LogP contribution in [0.25, 0.3) is 10.9 Å². The second-order valence-corrected chi connectivity index (χ2v) is 5.15. The first-order valence-electron chi connectivity index (χ1n) is 7.29. The van der Waals surface area contributed by atoms with Gasteiger partial charge in [-0.25, -0.2) is 0 Å². The SMILES string of the molecule is COCCN(CCOC)CCn1ccc2cc(N)ccc21. The Morgan fingerprint density at radius 1 is 1.05 bits per heavy atom. The zero-order valence-electron chi connectivity index (χ0n) is 12.9. The highest BCUT2D eigenvalue weighted by Gasteiger charge is 2.06. The number of hydrogen-bond donors (Lipinski definition) is 1. The summed E-state index contributed by atoms with van der Waals surface area (Å²) >= 11 is 0. The van der Waals surface area contributed by atoms with Crippen LogP contribution in [-0.2, 0) is 16.0 Å². The smallest absolute Gasteiger partial charge is 0.0589 e. The minimum absolute atomic E-state index is 0.743. The third-order valence-electron chi connectivity index (χ3n) is 3.68. The topological polar surface area (TPSA) is 52.7 Å². The third-order valence-corrected chi connectivity index (χ3v) is 3.68. The number of aromatic nitrogens is 1. The average Bonchev–Trinajstić information content (AvgIpc) is 2.88. The van der Waals surface area contributed by atoms with E-state index in [0.717, 1.165) is 45.1 Å². The Hall–Kier alpha value is -1.56. The number of fused-ring (bicyclic) bond motifs is 1. The first-order valence-corrected chi connectivity index (χ1v) is 7.29. The van der Waals surface area contributed by atoms with Crippen molar-refractivity contribution >= 4 is 16.6 Å². The van der Waals surface area contributed by atoms with Crippen molar-refractivity contribution in [3.8, 4) is 0 Å². The molecule has 116 valence electrons. The maximum absolute atomic E-state index is 5.82. The Morgan fingerprint density at radius 2 is 1.76 bits per heavy atom. The molecule has 0 fully saturated rings. The van der Waals surface area contributed by atoms with Crippen molar-refractivity contribution in [1.29, 1.82) is 0 Å². The Balaban J connectivity index is 1.97. The lowest BCUT2D eigenvalue weighted by atomic mass is 10.2. The van der Waals surface area contributed by atoms with Gasteiger partial charge in [0, 0.05) is 63.2 Å². The fourth-order valence-corrected chi connectivity index (χ4v) is 2.44. The highest BCUT2D eigenvalue weighted by molar-refractivity contribution is 5.83. The normalized spacial score (nSPS) is 11.6. The monoisotopic (exact) mass is 291 g/mol. The number of methoxy groups -OCH3 is 2. The zero-order valence-corrected chi connectivity index (χ0v) is 12.9. The summed E-state index contributed by atoms with van der Waals surface area (Å²) in [5.41, 5.74) is 7.85. The molecule has 1 aromatic carbocycles. The molecule has 2 rings (SSSR count). The van der Waals surface area contributed by atoms with Gasteiger partial charge in [-0.05, 0) is 24.3 Å². The van der Waals surface area contributed by atoms with Crippen LogP contribution in [0.4, 0.5) is 5.69 Å². The van der Waals surface area contributed by atoms with Crippen LogP contribution in [-0.4, -0.2) is 56.5 Å². The van der Waals surface area contributed by atoms with Gasteiger partial charge in [0.15, 0.2) is 0 Å². The van der Waals surface area contributed by atoms with Crippen molar-refractivity contribution in [2.24, 2.45) is 0 Å². The van der Waals surface area contributed by atoms with Crippen molar-refractivity contribution in [2.45, 2.75) is 6.54 Å².